The third kappa shape index (κ3) is 28.8. The lowest BCUT2D eigenvalue weighted by Gasteiger charge is -2.06. The van der Waals surface area contributed by atoms with Gasteiger partial charge in [-0.2, -0.15) is 0 Å². The molecule has 3 N–H and O–H groups in total. The molecule has 1 atom stereocenters. The Bertz CT molecular complexity index is 447. The predicted molar refractivity (Wildman–Crippen MR) is 141 cm³/mol. The van der Waals surface area contributed by atoms with Gasteiger partial charge in [-0.25, -0.2) is 0 Å². The molecule has 0 saturated heterocycles. The fourth-order valence-electron chi connectivity index (χ4n) is 3.23. The lowest BCUT2D eigenvalue weighted by atomic mass is 10.0. The Morgan fingerprint density at radius 1 is 0.750 bits per heavy atom. The fourth-order valence-corrected chi connectivity index (χ4v) is 3.23. The van der Waals surface area contributed by atoms with Crippen LogP contribution in [0, 0.1) is 5.92 Å². The van der Waals surface area contributed by atoms with Crippen LogP contribution in [0.3, 0.4) is 0 Å². The molecule has 0 fully saturated rings. The smallest absolute Gasteiger partial charge is 0.0681 e. The second-order valence-electron chi connectivity index (χ2n) is 8.76. The molecule has 188 valence electrons. The van der Waals surface area contributed by atoms with E-state index in [4.69, 9.17) is 15.3 Å². The van der Waals surface area contributed by atoms with Crippen LogP contribution in [0.4, 0.5) is 0 Å². The van der Waals surface area contributed by atoms with Gasteiger partial charge >= 0.3 is 0 Å². The minimum atomic E-state index is 0.140. The van der Waals surface area contributed by atoms with Crippen molar-refractivity contribution in [2.75, 3.05) is 13.2 Å². The lowest BCUT2D eigenvalue weighted by Crippen LogP contribution is -1.99. The van der Waals surface area contributed by atoms with Crippen molar-refractivity contribution in [3.05, 3.63) is 48.6 Å². The average molecular weight is 451 g/mol. The molecule has 1 unspecified atom stereocenters. The third-order valence-corrected chi connectivity index (χ3v) is 5.45. The second kappa shape index (κ2) is 29.8. The van der Waals surface area contributed by atoms with Crippen LogP contribution in [-0.4, -0.2) is 28.5 Å². The van der Waals surface area contributed by atoms with Gasteiger partial charge in [0.2, 0.25) is 0 Å². The predicted octanol–water partition coefficient (Wildman–Crippen LogP) is 7.83. The zero-order valence-electron chi connectivity index (χ0n) is 21.3. The summed E-state index contributed by atoms with van der Waals surface area (Å²) in [5.74, 6) is 0.510. The van der Waals surface area contributed by atoms with Crippen LogP contribution >= 0.6 is 0 Å². The van der Waals surface area contributed by atoms with Crippen molar-refractivity contribution in [3.63, 3.8) is 0 Å². The molecule has 3 heteroatoms. The van der Waals surface area contributed by atoms with Crippen LogP contribution in [0.1, 0.15) is 116 Å². The maximum absolute atomic E-state index is 8.81. The van der Waals surface area contributed by atoms with Gasteiger partial charge in [0.05, 0.1) is 6.61 Å². The Kier molecular flexibility index (Phi) is 30.8. The Balaban J connectivity index is 0. The lowest BCUT2D eigenvalue weighted by molar-refractivity contribution is 0.227. The SMILES string of the molecule is C=CCCCCCCCCO.CCCCCCCCCC(C)CO.OCc1ccccc1. The molecule has 3 nitrogen and oxygen atoms in total. The van der Waals surface area contributed by atoms with Crippen LogP contribution < -0.4 is 0 Å². The molecular formula is C29H54O3. The molecule has 0 saturated carbocycles. The van der Waals surface area contributed by atoms with Crippen molar-refractivity contribution < 1.29 is 15.3 Å². The van der Waals surface area contributed by atoms with Gasteiger partial charge < -0.3 is 15.3 Å². The van der Waals surface area contributed by atoms with E-state index in [1.54, 1.807) is 0 Å². The Hall–Kier alpha value is -1.16. The highest BCUT2D eigenvalue weighted by Gasteiger charge is 1.98. The molecule has 0 radical (unpaired) electrons. The third-order valence-electron chi connectivity index (χ3n) is 5.45. The normalized spacial score (nSPS) is 11.0. The molecule has 0 aliphatic heterocycles. The number of benzene rings is 1. The molecule has 0 aromatic heterocycles. The van der Waals surface area contributed by atoms with E-state index >= 15 is 0 Å². The van der Waals surface area contributed by atoms with Crippen LogP contribution in [0.5, 0.6) is 0 Å². The highest BCUT2D eigenvalue weighted by Crippen LogP contribution is 2.12. The molecule has 0 aliphatic carbocycles. The molecule has 0 aliphatic rings. The highest BCUT2D eigenvalue weighted by atomic mass is 16.3. The van der Waals surface area contributed by atoms with E-state index in [-0.39, 0.29) is 6.61 Å². The van der Waals surface area contributed by atoms with Crippen LogP contribution in [-0.2, 0) is 6.61 Å². The molecule has 1 aromatic rings. The van der Waals surface area contributed by atoms with Crippen molar-refractivity contribution in [1.29, 1.82) is 0 Å². The molecule has 0 heterocycles. The van der Waals surface area contributed by atoms with Crippen LogP contribution in [0.15, 0.2) is 43.0 Å². The zero-order chi connectivity index (χ0) is 24.1. The average Bonchev–Trinajstić information content (AvgIpc) is 2.84. The first-order valence-electron chi connectivity index (χ1n) is 13.1. The topological polar surface area (TPSA) is 60.7 Å². The fraction of sp³-hybridized carbons (Fsp3) is 0.724. The van der Waals surface area contributed by atoms with Crippen molar-refractivity contribution in [1.82, 2.24) is 0 Å². The number of hydrogen-bond acceptors (Lipinski definition) is 3. The maximum Gasteiger partial charge on any atom is 0.0681 e. The van der Waals surface area contributed by atoms with Crippen LogP contribution in [0.2, 0.25) is 0 Å². The zero-order valence-corrected chi connectivity index (χ0v) is 21.3. The highest BCUT2D eigenvalue weighted by molar-refractivity contribution is 5.12. The number of rotatable bonds is 18. The quantitative estimate of drug-likeness (QED) is 0.158. The van der Waals surface area contributed by atoms with Crippen molar-refractivity contribution in [2.45, 2.75) is 117 Å². The number of aliphatic hydroxyl groups excluding tert-OH is 3. The van der Waals surface area contributed by atoms with Gasteiger partial charge in [-0.15, -0.1) is 6.58 Å². The van der Waals surface area contributed by atoms with Crippen molar-refractivity contribution in [3.8, 4) is 0 Å². The minimum absolute atomic E-state index is 0.140. The molecular weight excluding hydrogens is 396 g/mol. The van der Waals surface area contributed by atoms with Crippen molar-refractivity contribution >= 4 is 0 Å². The Labute approximate surface area is 200 Å². The van der Waals surface area contributed by atoms with E-state index in [2.05, 4.69) is 20.4 Å². The summed E-state index contributed by atoms with van der Waals surface area (Å²) in [5.41, 5.74) is 0.965. The summed E-state index contributed by atoms with van der Waals surface area (Å²) in [5, 5.41) is 25.8. The molecule has 32 heavy (non-hydrogen) atoms. The summed E-state index contributed by atoms with van der Waals surface area (Å²) < 4.78 is 0. The van der Waals surface area contributed by atoms with E-state index in [1.165, 1.54) is 83.5 Å². The Morgan fingerprint density at radius 3 is 1.75 bits per heavy atom. The monoisotopic (exact) mass is 450 g/mol. The van der Waals surface area contributed by atoms with E-state index < -0.39 is 0 Å². The van der Waals surface area contributed by atoms with Crippen LogP contribution in [0.25, 0.3) is 0 Å². The van der Waals surface area contributed by atoms with E-state index in [1.807, 2.05) is 36.4 Å². The molecule has 1 rings (SSSR count). The number of allylic oxidation sites excluding steroid dienone is 1. The second-order valence-corrected chi connectivity index (χ2v) is 8.76. The van der Waals surface area contributed by atoms with Gasteiger partial charge in [0, 0.05) is 13.2 Å². The van der Waals surface area contributed by atoms with Gasteiger partial charge in [0.1, 0.15) is 0 Å². The summed E-state index contributed by atoms with van der Waals surface area (Å²) >= 11 is 0. The summed E-state index contributed by atoms with van der Waals surface area (Å²) in [6.07, 6.45) is 21.3. The van der Waals surface area contributed by atoms with Crippen molar-refractivity contribution in [2.24, 2.45) is 5.92 Å². The van der Waals surface area contributed by atoms with E-state index in [0.717, 1.165) is 18.4 Å². The van der Waals surface area contributed by atoms with E-state index in [9.17, 15) is 0 Å². The summed E-state index contributed by atoms with van der Waals surface area (Å²) in [6, 6.07) is 9.52. The number of aliphatic hydroxyl groups is 3. The molecule has 0 spiro atoms. The van der Waals surface area contributed by atoms with Gasteiger partial charge in [0.15, 0.2) is 0 Å². The largest absolute Gasteiger partial charge is 0.396 e. The van der Waals surface area contributed by atoms with Gasteiger partial charge in [0.25, 0.3) is 0 Å². The number of hydrogen-bond donors (Lipinski definition) is 3. The first-order chi connectivity index (χ1) is 15.7. The minimum Gasteiger partial charge on any atom is -0.396 e. The summed E-state index contributed by atoms with van der Waals surface area (Å²) in [7, 11) is 0. The maximum atomic E-state index is 8.81. The first kappa shape index (κ1) is 33.0. The molecule has 0 amide bonds. The van der Waals surface area contributed by atoms with Gasteiger partial charge in [-0.1, -0.05) is 121 Å². The number of unbranched alkanes of at least 4 members (excludes halogenated alkanes) is 12. The molecule has 0 bridgehead atoms. The summed E-state index contributed by atoms with van der Waals surface area (Å²) in [4.78, 5) is 0. The van der Waals surface area contributed by atoms with Gasteiger partial charge in [-0.05, 0) is 37.2 Å². The van der Waals surface area contributed by atoms with E-state index in [0.29, 0.717) is 19.1 Å². The standard InChI is InChI=1S/C12H26O.C10H20O.C7H8O/c1-3-4-5-6-7-8-9-10-12(2)11-13;1-2-3-4-5-6-7-8-9-10-11;8-6-7-4-2-1-3-5-7/h12-13H,3-11H2,1-2H3;2,11H,1,3-10H2;1-5,8H,6H2. The first-order valence-corrected chi connectivity index (χ1v) is 13.1. The van der Waals surface area contributed by atoms with Gasteiger partial charge in [-0.3, -0.25) is 0 Å². The summed E-state index contributed by atoms with van der Waals surface area (Å²) in [6.45, 7) is 8.90. The Morgan fingerprint density at radius 2 is 1.28 bits per heavy atom. The molecule has 1 aromatic carbocycles.